The Labute approximate surface area is 109 Å². The van der Waals surface area contributed by atoms with Crippen LogP contribution in [0.1, 0.15) is 5.69 Å². The molecule has 19 heavy (non-hydrogen) atoms. The Kier molecular flexibility index (Phi) is 2.72. The number of nitrogens with zero attached hydrogens (tertiary/aromatic N) is 2. The van der Waals surface area contributed by atoms with Crippen molar-refractivity contribution >= 4 is 11.1 Å². The van der Waals surface area contributed by atoms with Crippen molar-refractivity contribution in [3.63, 3.8) is 0 Å². The Bertz CT molecular complexity index is 781. The van der Waals surface area contributed by atoms with Crippen molar-refractivity contribution in [1.29, 1.82) is 0 Å². The molecule has 2 heterocycles. The van der Waals surface area contributed by atoms with Crippen LogP contribution in [0.2, 0.25) is 0 Å². The van der Waals surface area contributed by atoms with Gasteiger partial charge in [-0.05, 0) is 24.7 Å². The van der Waals surface area contributed by atoms with Gasteiger partial charge in [0.05, 0.1) is 17.4 Å². The lowest BCUT2D eigenvalue weighted by atomic mass is 10.1. The zero-order valence-electron chi connectivity index (χ0n) is 10.7. The van der Waals surface area contributed by atoms with Crippen LogP contribution in [-0.2, 0) is 13.6 Å². The molecule has 1 aromatic carbocycles. The lowest BCUT2D eigenvalue weighted by molar-refractivity contribution is 0.528. The first-order valence-electron chi connectivity index (χ1n) is 5.97. The maximum atomic E-state index is 11.5. The molecule has 0 aliphatic heterocycles. The molecule has 2 N–H and O–H groups in total. The van der Waals surface area contributed by atoms with Gasteiger partial charge in [0.15, 0.2) is 5.58 Å². The molecule has 0 atom stereocenters. The Hall–Kier alpha value is -2.34. The third kappa shape index (κ3) is 1.86. The highest BCUT2D eigenvalue weighted by molar-refractivity contribution is 5.81. The van der Waals surface area contributed by atoms with Gasteiger partial charge in [0.2, 0.25) is 0 Å². The number of fused-ring (bicyclic) bond motifs is 1. The molecule has 3 rings (SSSR count). The molecule has 0 aliphatic rings. The molecule has 0 fully saturated rings. The van der Waals surface area contributed by atoms with E-state index in [4.69, 9.17) is 4.42 Å². The van der Waals surface area contributed by atoms with Crippen LogP contribution in [0.5, 0.6) is 0 Å². The van der Waals surface area contributed by atoms with Gasteiger partial charge in [-0.25, -0.2) is 4.79 Å². The lowest BCUT2D eigenvalue weighted by Gasteiger charge is -2.03. The summed E-state index contributed by atoms with van der Waals surface area (Å²) >= 11 is 0. The third-order valence-electron chi connectivity index (χ3n) is 3.17. The van der Waals surface area contributed by atoms with Crippen molar-refractivity contribution in [2.24, 2.45) is 7.05 Å². The Morgan fingerprint density at radius 3 is 3.11 bits per heavy atom. The van der Waals surface area contributed by atoms with Gasteiger partial charge in [0, 0.05) is 19.2 Å². The molecule has 0 aliphatic carbocycles. The van der Waals surface area contributed by atoms with Gasteiger partial charge in [0.25, 0.3) is 0 Å². The molecule has 0 bridgehead atoms. The first-order chi connectivity index (χ1) is 9.20. The zero-order valence-corrected chi connectivity index (χ0v) is 10.7. The van der Waals surface area contributed by atoms with Gasteiger partial charge >= 0.3 is 5.76 Å². The van der Waals surface area contributed by atoms with Crippen LogP contribution in [0.25, 0.3) is 22.2 Å². The fourth-order valence-electron chi connectivity index (χ4n) is 2.17. The van der Waals surface area contributed by atoms with Gasteiger partial charge in [-0.15, -0.1) is 0 Å². The van der Waals surface area contributed by atoms with Crippen molar-refractivity contribution in [3.05, 3.63) is 40.6 Å². The van der Waals surface area contributed by atoms with Gasteiger partial charge in [0.1, 0.15) is 0 Å². The predicted octanol–water partition coefficient (Wildman–Crippen LogP) is 1.24. The van der Waals surface area contributed by atoms with Gasteiger partial charge < -0.3 is 9.73 Å². The lowest BCUT2D eigenvalue weighted by Crippen LogP contribution is -2.08. The smallest absolute Gasteiger partial charge is 0.408 e. The molecule has 2 aromatic heterocycles. The molecular weight excluding hydrogens is 244 g/mol. The van der Waals surface area contributed by atoms with E-state index in [-0.39, 0.29) is 5.76 Å². The molecule has 6 heteroatoms. The van der Waals surface area contributed by atoms with E-state index in [1.807, 2.05) is 25.2 Å². The maximum Gasteiger partial charge on any atom is 0.419 e. The zero-order chi connectivity index (χ0) is 13.4. The number of nitrogens with one attached hydrogen (secondary N) is 2. The Morgan fingerprint density at radius 2 is 2.32 bits per heavy atom. The summed E-state index contributed by atoms with van der Waals surface area (Å²) in [6.45, 7) is 0.706. The van der Waals surface area contributed by atoms with E-state index in [2.05, 4.69) is 15.5 Å². The van der Waals surface area contributed by atoms with Crippen molar-refractivity contribution in [2.45, 2.75) is 6.54 Å². The van der Waals surface area contributed by atoms with Gasteiger partial charge in [-0.1, -0.05) is 6.07 Å². The first-order valence-corrected chi connectivity index (χ1v) is 5.97. The number of oxazole rings is 1. The molecule has 0 radical (unpaired) electrons. The van der Waals surface area contributed by atoms with E-state index < -0.39 is 0 Å². The van der Waals surface area contributed by atoms with Crippen LogP contribution >= 0.6 is 0 Å². The van der Waals surface area contributed by atoms with E-state index in [1.54, 1.807) is 13.2 Å². The summed E-state index contributed by atoms with van der Waals surface area (Å²) in [5.41, 5.74) is 4.40. The molecule has 0 saturated carbocycles. The summed E-state index contributed by atoms with van der Waals surface area (Å²) in [6, 6.07) is 5.67. The largest absolute Gasteiger partial charge is 0.419 e. The van der Waals surface area contributed by atoms with Crippen LogP contribution in [0.4, 0.5) is 0 Å². The maximum absolute atomic E-state index is 11.5. The highest BCUT2D eigenvalue weighted by Gasteiger charge is 2.11. The normalized spacial score (nSPS) is 11.3. The number of aryl methyl sites for hydroxylation is 1. The summed E-state index contributed by atoms with van der Waals surface area (Å²) < 4.78 is 6.62. The molecule has 98 valence electrons. The molecule has 0 unspecified atom stereocenters. The quantitative estimate of drug-likeness (QED) is 0.741. The standard InChI is InChI=1S/C13H14N4O2/c1-14-7-10-9(6-15-16-10)8-3-4-12-11(5-8)17(2)13(18)19-12/h3-6,14H,7H2,1-2H3,(H,15,16). The average molecular weight is 258 g/mol. The predicted molar refractivity (Wildman–Crippen MR) is 71.8 cm³/mol. The molecule has 0 amide bonds. The fraction of sp³-hybridized carbons (Fsp3) is 0.231. The van der Waals surface area contributed by atoms with Crippen LogP contribution in [0.3, 0.4) is 0 Å². The SMILES string of the molecule is CNCc1[nH]ncc1-c1ccc2oc(=O)n(C)c2c1. The minimum absolute atomic E-state index is 0.352. The topological polar surface area (TPSA) is 75.8 Å². The minimum atomic E-state index is -0.352. The molecule has 3 aromatic rings. The molecular formula is C13H14N4O2. The van der Waals surface area contributed by atoms with E-state index in [0.29, 0.717) is 12.1 Å². The van der Waals surface area contributed by atoms with E-state index in [9.17, 15) is 4.79 Å². The van der Waals surface area contributed by atoms with E-state index >= 15 is 0 Å². The van der Waals surface area contributed by atoms with Crippen molar-refractivity contribution in [3.8, 4) is 11.1 Å². The second-order valence-electron chi connectivity index (χ2n) is 4.40. The van der Waals surface area contributed by atoms with Crippen molar-refractivity contribution in [2.75, 3.05) is 7.05 Å². The first kappa shape index (κ1) is 11.7. The monoisotopic (exact) mass is 258 g/mol. The third-order valence-corrected chi connectivity index (χ3v) is 3.17. The summed E-state index contributed by atoms with van der Waals surface area (Å²) in [7, 11) is 3.58. The van der Waals surface area contributed by atoms with Crippen LogP contribution in [-0.4, -0.2) is 21.8 Å². The minimum Gasteiger partial charge on any atom is -0.408 e. The number of hydrogen-bond acceptors (Lipinski definition) is 4. The number of aromatic nitrogens is 3. The highest BCUT2D eigenvalue weighted by atomic mass is 16.4. The fourth-order valence-corrected chi connectivity index (χ4v) is 2.17. The van der Waals surface area contributed by atoms with Crippen LogP contribution < -0.4 is 11.1 Å². The summed E-state index contributed by atoms with van der Waals surface area (Å²) in [4.78, 5) is 11.5. The van der Waals surface area contributed by atoms with Crippen molar-refractivity contribution in [1.82, 2.24) is 20.1 Å². The van der Waals surface area contributed by atoms with Gasteiger partial charge in [-0.2, -0.15) is 5.10 Å². The number of aromatic amines is 1. The molecule has 6 nitrogen and oxygen atoms in total. The second-order valence-corrected chi connectivity index (χ2v) is 4.40. The number of hydrogen-bond donors (Lipinski definition) is 2. The summed E-state index contributed by atoms with van der Waals surface area (Å²) in [5.74, 6) is -0.352. The Morgan fingerprint density at radius 1 is 1.47 bits per heavy atom. The Balaban J connectivity index is 2.17. The van der Waals surface area contributed by atoms with E-state index in [1.165, 1.54) is 4.57 Å². The van der Waals surface area contributed by atoms with E-state index in [0.717, 1.165) is 22.3 Å². The number of benzene rings is 1. The molecule has 0 spiro atoms. The number of rotatable bonds is 3. The van der Waals surface area contributed by atoms with Crippen LogP contribution in [0, 0.1) is 0 Å². The van der Waals surface area contributed by atoms with Crippen molar-refractivity contribution < 1.29 is 4.42 Å². The second kappa shape index (κ2) is 4.40. The van der Waals surface area contributed by atoms with Gasteiger partial charge in [-0.3, -0.25) is 9.67 Å². The average Bonchev–Trinajstić information content (AvgIpc) is 2.96. The van der Waals surface area contributed by atoms with Crippen LogP contribution in [0.15, 0.2) is 33.6 Å². The number of H-pyrrole nitrogens is 1. The molecule has 0 saturated heterocycles. The summed E-state index contributed by atoms with van der Waals surface area (Å²) in [5, 5.41) is 10.1. The summed E-state index contributed by atoms with van der Waals surface area (Å²) in [6.07, 6.45) is 1.78. The highest BCUT2D eigenvalue weighted by Crippen LogP contribution is 2.25.